The van der Waals surface area contributed by atoms with Crippen molar-refractivity contribution in [2.45, 2.75) is 0 Å². The van der Waals surface area contributed by atoms with Crippen LogP contribution < -0.4 is 9.47 Å². The molecule has 0 aliphatic heterocycles. The Morgan fingerprint density at radius 1 is 0.417 bits per heavy atom. The first-order valence-corrected chi connectivity index (χ1v) is 7.88. The number of benzene rings is 4. The predicted molar refractivity (Wildman–Crippen MR) is 97.0 cm³/mol. The van der Waals surface area contributed by atoms with Gasteiger partial charge in [-0.3, -0.25) is 0 Å². The molecule has 0 aliphatic rings. The van der Waals surface area contributed by atoms with E-state index in [0.717, 1.165) is 33.8 Å². The second kappa shape index (κ2) is 6.47. The van der Waals surface area contributed by atoms with Crippen LogP contribution >= 0.6 is 0 Å². The minimum absolute atomic E-state index is 0.783. The molecule has 116 valence electrons. The summed E-state index contributed by atoms with van der Waals surface area (Å²) in [6.07, 6.45) is 0. The average molecular weight is 312 g/mol. The maximum Gasteiger partial charge on any atom is 0.139 e. The van der Waals surface area contributed by atoms with Crippen molar-refractivity contribution in [2.24, 2.45) is 0 Å². The molecule has 4 rings (SSSR count). The van der Waals surface area contributed by atoms with Crippen LogP contribution in [0.3, 0.4) is 0 Å². The standard InChI is InChI=1S/C22H16O2/c1-3-11-18(12-4-1)23-20-15-7-9-17-10-8-16-21(22(17)20)24-19-13-5-2-6-14-19/h1-16H. The first kappa shape index (κ1) is 14.3. The van der Waals surface area contributed by atoms with Gasteiger partial charge in [-0.15, -0.1) is 0 Å². The highest BCUT2D eigenvalue weighted by atomic mass is 16.5. The minimum atomic E-state index is 0.783. The molecule has 0 N–H and O–H groups in total. The molecule has 0 bridgehead atoms. The van der Waals surface area contributed by atoms with E-state index >= 15 is 0 Å². The van der Waals surface area contributed by atoms with Crippen molar-refractivity contribution in [3.63, 3.8) is 0 Å². The van der Waals surface area contributed by atoms with Gasteiger partial charge in [0.15, 0.2) is 0 Å². The van der Waals surface area contributed by atoms with E-state index in [-0.39, 0.29) is 0 Å². The summed E-state index contributed by atoms with van der Waals surface area (Å²) in [6.45, 7) is 0. The molecule has 0 aromatic heterocycles. The Labute approximate surface area is 140 Å². The van der Waals surface area contributed by atoms with Gasteiger partial charge >= 0.3 is 0 Å². The van der Waals surface area contributed by atoms with Gasteiger partial charge in [0.25, 0.3) is 0 Å². The van der Waals surface area contributed by atoms with Crippen LogP contribution in [-0.2, 0) is 0 Å². The Hall–Kier alpha value is -3.26. The van der Waals surface area contributed by atoms with Gasteiger partial charge in [0.1, 0.15) is 23.0 Å². The van der Waals surface area contributed by atoms with Gasteiger partial charge in [-0.2, -0.15) is 0 Å². The SMILES string of the molecule is c1ccc(Oc2cccc3cccc(Oc4ccccc4)c23)cc1. The van der Waals surface area contributed by atoms with E-state index in [2.05, 4.69) is 12.1 Å². The third kappa shape index (κ3) is 2.95. The van der Waals surface area contributed by atoms with Gasteiger partial charge in [0.05, 0.1) is 5.39 Å². The molecular formula is C22H16O2. The zero-order chi connectivity index (χ0) is 16.2. The van der Waals surface area contributed by atoms with E-state index in [4.69, 9.17) is 9.47 Å². The maximum absolute atomic E-state index is 6.09. The smallest absolute Gasteiger partial charge is 0.139 e. The fraction of sp³-hybridized carbons (Fsp3) is 0. The Morgan fingerprint density at radius 2 is 0.875 bits per heavy atom. The quantitative estimate of drug-likeness (QED) is 0.432. The number of fused-ring (bicyclic) bond motifs is 1. The van der Waals surface area contributed by atoms with Gasteiger partial charge in [-0.25, -0.2) is 0 Å². The van der Waals surface area contributed by atoms with Crippen molar-refractivity contribution in [1.29, 1.82) is 0 Å². The molecule has 0 aliphatic carbocycles. The molecule has 0 saturated carbocycles. The Kier molecular flexibility index (Phi) is 3.86. The molecule has 0 heterocycles. The van der Waals surface area contributed by atoms with Gasteiger partial charge < -0.3 is 9.47 Å². The molecule has 0 atom stereocenters. The summed E-state index contributed by atoms with van der Waals surface area (Å²) in [5.41, 5.74) is 0. The van der Waals surface area contributed by atoms with Crippen molar-refractivity contribution in [2.75, 3.05) is 0 Å². The first-order valence-electron chi connectivity index (χ1n) is 7.88. The Balaban J connectivity index is 1.79. The van der Waals surface area contributed by atoms with Crippen LogP contribution in [0.4, 0.5) is 0 Å². The van der Waals surface area contributed by atoms with Crippen LogP contribution in [0.1, 0.15) is 0 Å². The van der Waals surface area contributed by atoms with Crippen LogP contribution in [0.2, 0.25) is 0 Å². The molecule has 4 aromatic carbocycles. The highest BCUT2D eigenvalue weighted by Crippen LogP contribution is 2.38. The first-order chi connectivity index (χ1) is 11.9. The van der Waals surface area contributed by atoms with E-state index < -0.39 is 0 Å². The van der Waals surface area contributed by atoms with Crippen molar-refractivity contribution in [3.05, 3.63) is 97.1 Å². The van der Waals surface area contributed by atoms with E-state index in [9.17, 15) is 0 Å². The van der Waals surface area contributed by atoms with Crippen molar-refractivity contribution in [3.8, 4) is 23.0 Å². The molecule has 0 amide bonds. The molecule has 0 radical (unpaired) electrons. The summed E-state index contributed by atoms with van der Waals surface area (Å²) in [4.78, 5) is 0. The number of para-hydroxylation sites is 2. The number of hydrogen-bond donors (Lipinski definition) is 0. The average Bonchev–Trinajstić information content (AvgIpc) is 2.64. The highest BCUT2D eigenvalue weighted by molar-refractivity contribution is 5.94. The molecule has 2 heteroatoms. The summed E-state index contributed by atoms with van der Waals surface area (Å²) >= 11 is 0. The summed E-state index contributed by atoms with van der Waals surface area (Å²) in [5.74, 6) is 3.18. The van der Waals surface area contributed by atoms with Gasteiger partial charge in [0, 0.05) is 0 Å². The lowest BCUT2D eigenvalue weighted by Crippen LogP contribution is -1.90. The monoisotopic (exact) mass is 312 g/mol. The molecule has 0 unspecified atom stereocenters. The third-order valence-corrected chi connectivity index (χ3v) is 3.77. The van der Waals surface area contributed by atoms with Crippen LogP contribution in [0.15, 0.2) is 97.1 Å². The largest absolute Gasteiger partial charge is 0.457 e. The van der Waals surface area contributed by atoms with E-state index in [1.54, 1.807) is 0 Å². The lowest BCUT2D eigenvalue weighted by molar-refractivity contribution is 0.472. The van der Waals surface area contributed by atoms with Crippen LogP contribution in [0.25, 0.3) is 10.8 Å². The lowest BCUT2D eigenvalue weighted by Gasteiger charge is -2.13. The second-order valence-electron chi connectivity index (χ2n) is 5.44. The summed E-state index contributed by atoms with van der Waals surface area (Å²) in [7, 11) is 0. The number of ether oxygens (including phenoxy) is 2. The van der Waals surface area contributed by atoms with Gasteiger partial charge in [-0.05, 0) is 41.8 Å². The number of hydrogen-bond acceptors (Lipinski definition) is 2. The molecule has 0 saturated heterocycles. The van der Waals surface area contributed by atoms with E-state index in [0.29, 0.717) is 0 Å². The van der Waals surface area contributed by atoms with Crippen LogP contribution in [0.5, 0.6) is 23.0 Å². The fourth-order valence-electron chi connectivity index (χ4n) is 2.67. The van der Waals surface area contributed by atoms with E-state index in [1.165, 1.54) is 0 Å². The van der Waals surface area contributed by atoms with Gasteiger partial charge in [-0.1, -0.05) is 60.7 Å². The predicted octanol–water partition coefficient (Wildman–Crippen LogP) is 6.42. The number of rotatable bonds is 4. The highest BCUT2D eigenvalue weighted by Gasteiger charge is 2.10. The van der Waals surface area contributed by atoms with Crippen molar-refractivity contribution in [1.82, 2.24) is 0 Å². The summed E-state index contributed by atoms with van der Waals surface area (Å²) in [5, 5.41) is 2.05. The van der Waals surface area contributed by atoms with Crippen molar-refractivity contribution < 1.29 is 9.47 Å². The topological polar surface area (TPSA) is 18.5 Å². The molecule has 2 nitrogen and oxygen atoms in total. The third-order valence-electron chi connectivity index (χ3n) is 3.77. The van der Waals surface area contributed by atoms with Crippen LogP contribution in [-0.4, -0.2) is 0 Å². The van der Waals surface area contributed by atoms with Crippen LogP contribution in [0, 0.1) is 0 Å². The van der Waals surface area contributed by atoms with Crippen molar-refractivity contribution >= 4 is 10.8 Å². The molecule has 24 heavy (non-hydrogen) atoms. The maximum atomic E-state index is 6.09. The Morgan fingerprint density at radius 3 is 1.33 bits per heavy atom. The normalized spacial score (nSPS) is 10.5. The summed E-state index contributed by atoms with van der Waals surface area (Å²) < 4.78 is 12.2. The second-order valence-corrected chi connectivity index (χ2v) is 5.44. The fourth-order valence-corrected chi connectivity index (χ4v) is 2.67. The molecule has 4 aromatic rings. The van der Waals surface area contributed by atoms with Gasteiger partial charge in [0.2, 0.25) is 0 Å². The zero-order valence-electron chi connectivity index (χ0n) is 13.1. The summed E-state index contributed by atoms with van der Waals surface area (Å²) in [6, 6.07) is 31.6. The minimum Gasteiger partial charge on any atom is -0.457 e. The Bertz CT molecular complexity index is 871. The molecular weight excluding hydrogens is 296 g/mol. The molecule has 0 fully saturated rings. The van der Waals surface area contributed by atoms with E-state index in [1.807, 2.05) is 84.9 Å². The zero-order valence-corrected chi connectivity index (χ0v) is 13.1. The lowest BCUT2D eigenvalue weighted by atomic mass is 10.1. The molecule has 0 spiro atoms.